The molecular formula is C20H17F4N3O2. The van der Waals surface area contributed by atoms with Gasteiger partial charge in [-0.2, -0.15) is 0 Å². The second-order valence-electron chi connectivity index (χ2n) is 7.30. The first-order valence-corrected chi connectivity index (χ1v) is 9.04. The lowest BCUT2D eigenvalue weighted by Crippen LogP contribution is -2.54. The zero-order chi connectivity index (χ0) is 20.9. The van der Waals surface area contributed by atoms with Crippen molar-refractivity contribution < 1.29 is 27.2 Å². The highest BCUT2D eigenvalue weighted by atomic mass is 19.2. The van der Waals surface area contributed by atoms with Crippen LogP contribution in [0.1, 0.15) is 36.9 Å². The monoisotopic (exact) mass is 407 g/mol. The summed E-state index contributed by atoms with van der Waals surface area (Å²) in [6.45, 7) is 1.27. The SMILES string of the molecule is C[C@@H](NC(=O)C1(N2Cc3c(ccc(F)c3F)NC2=O)CC1)c1ccc(F)cc1F. The predicted molar refractivity (Wildman–Crippen MR) is 95.8 cm³/mol. The van der Waals surface area contributed by atoms with E-state index in [0.717, 1.165) is 18.2 Å². The second kappa shape index (κ2) is 6.75. The number of halogens is 4. The molecule has 0 unspecified atom stereocenters. The fourth-order valence-corrected chi connectivity index (χ4v) is 3.62. The maximum atomic E-state index is 14.2. The summed E-state index contributed by atoms with van der Waals surface area (Å²) < 4.78 is 54.8. The maximum absolute atomic E-state index is 14.2. The van der Waals surface area contributed by atoms with Crippen molar-refractivity contribution in [1.82, 2.24) is 10.2 Å². The van der Waals surface area contributed by atoms with Gasteiger partial charge in [0.05, 0.1) is 18.3 Å². The molecule has 29 heavy (non-hydrogen) atoms. The van der Waals surface area contributed by atoms with Crippen molar-refractivity contribution in [2.45, 2.75) is 37.9 Å². The van der Waals surface area contributed by atoms with Gasteiger partial charge in [-0.05, 0) is 38.0 Å². The first-order chi connectivity index (χ1) is 13.7. The molecule has 1 fully saturated rings. The van der Waals surface area contributed by atoms with Gasteiger partial charge in [0.15, 0.2) is 11.6 Å². The summed E-state index contributed by atoms with van der Waals surface area (Å²) in [6.07, 6.45) is 0.661. The molecule has 1 atom stereocenters. The lowest BCUT2D eigenvalue weighted by molar-refractivity contribution is -0.127. The summed E-state index contributed by atoms with van der Waals surface area (Å²) >= 11 is 0. The van der Waals surface area contributed by atoms with Crippen molar-refractivity contribution in [3.8, 4) is 0 Å². The minimum absolute atomic E-state index is 0.0405. The zero-order valence-electron chi connectivity index (χ0n) is 15.4. The standard InChI is InChI=1S/C20H17F4N3O2/c1-10(12-3-2-11(21)8-15(12)23)25-18(28)20(6-7-20)27-9-13-16(26-19(27)29)5-4-14(22)17(13)24/h2-5,8,10H,6-7,9H2,1H3,(H,25,28)(H,26,29)/t10-/m1/s1. The number of fused-ring (bicyclic) bond motifs is 1. The Morgan fingerprint density at radius 2 is 1.86 bits per heavy atom. The number of hydrogen-bond donors (Lipinski definition) is 2. The third-order valence-electron chi connectivity index (χ3n) is 5.44. The molecule has 4 rings (SSSR count). The summed E-state index contributed by atoms with van der Waals surface area (Å²) in [5.41, 5.74) is -1.02. The van der Waals surface area contributed by atoms with Crippen molar-refractivity contribution in [2.75, 3.05) is 5.32 Å². The first-order valence-electron chi connectivity index (χ1n) is 9.04. The summed E-state index contributed by atoms with van der Waals surface area (Å²) in [5.74, 6) is -4.20. The van der Waals surface area contributed by atoms with Gasteiger partial charge in [-0.1, -0.05) is 6.07 Å². The molecule has 0 bridgehead atoms. The van der Waals surface area contributed by atoms with Crippen LogP contribution in [0, 0.1) is 23.3 Å². The molecule has 2 aliphatic rings. The third-order valence-corrected chi connectivity index (χ3v) is 5.44. The molecule has 5 nitrogen and oxygen atoms in total. The van der Waals surface area contributed by atoms with Crippen LogP contribution in [-0.2, 0) is 11.3 Å². The highest BCUT2D eigenvalue weighted by Gasteiger charge is 2.57. The minimum Gasteiger partial charge on any atom is -0.347 e. The van der Waals surface area contributed by atoms with Crippen molar-refractivity contribution in [3.05, 3.63) is 64.7 Å². The van der Waals surface area contributed by atoms with Gasteiger partial charge in [-0.15, -0.1) is 0 Å². The fourth-order valence-electron chi connectivity index (χ4n) is 3.62. The molecule has 2 aromatic rings. The van der Waals surface area contributed by atoms with E-state index in [1.54, 1.807) is 0 Å². The van der Waals surface area contributed by atoms with Crippen LogP contribution in [-0.4, -0.2) is 22.4 Å². The summed E-state index contributed by atoms with van der Waals surface area (Å²) in [6, 6.07) is 3.84. The van der Waals surface area contributed by atoms with Crippen molar-refractivity contribution in [3.63, 3.8) is 0 Å². The van der Waals surface area contributed by atoms with E-state index in [9.17, 15) is 27.2 Å². The van der Waals surface area contributed by atoms with E-state index < -0.39 is 46.8 Å². The molecule has 2 aromatic carbocycles. The molecule has 0 spiro atoms. The number of urea groups is 1. The highest BCUT2D eigenvalue weighted by Crippen LogP contribution is 2.45. The zero-order valence-corrected chi connectivity index (χ0v) is 15.4. The Morgan fingerprint density at radius 1 is 1.14 bits per heavy atom. The number of nitrogens with one attached hydrogen (secondary N) is 2. The number of hydrogen-bond acceptors (Lipinski definition) is 2. The normalized spacial score (nSPS) is 18.0. The molecule has 0 saturated heterocycles. The molecule has 2 N–H and O–H groups in total. The van der Waals surface area contributed by atoms with Crippen molar-refractivity contribution >= 4 is 17.6 Å². The Balaban J connectivity index is 1.56. The average molecular weight is 407 g/mol. The quantitative estimate of drug-likeness (QED) is 0.753. The number of carbonyl (C=O) groups excluding carboxylic acids is 2. The van der Waals surface area contributed by atoms with E-state index in [1.807, 2.05) is 0 Å². The van der Waals surface area contributed by atoms with E-state index in [-0.39, 0.29) is 23.4 Å². The third kappa shape index (κ3) is 3.20. The lowest BCUT2D eigenvalue weighted by atomic mass is 10.0. The van der Waals surface area contributed by atoms with Crippen LogP contribution in [0.2, 0.25) is 0 Å². The van der Waals surface area contributed by atoms with Crippen LogP contribution >= 0.6 is 0 Å². The summed E-state index contributed by atoms with van der Waals surface area (Å²) in [4.78, 5) is 26.6. The molecule has 1 aliphatic carbocycles. The smallest absolute Gasteiger partial charge is 0.323 e. The van der Waals surface area contributed by atoms with Crippen molar-refractivity contribution in [1.29, 1.82) is 0 Å². The van der Waals surface area contributed by atoms with Crippen LogP contribution in [0.15, 0.2) is 30.3 Å². The van der Waals surface area contributed by atoms with Gasteiger partial charge in [0.2, 0.25) is 5.91 Å². The number of benzene rings is 2. The molecule has 1 aliphatic heterocycles. The Hall–Kier alpha value is -3.10. The van der Waals surface area contributed by atoms with E-state index >= 15 is 0 Å². The van der Waals surface area contributed by atoms with Crippen LogP contribution in [0.4, 0.5) is 28.0 Å². The molecule has 1 saturated carbocycles. The van der Waals surface area contributed by atoms with Gasteiger partial charge < -0.3 is 15.5 Å². The average Bonchev–Trinajstić information content (AvgIpc) is 3.46. The van der Waals surface area contributed by atoms with E-state index in [0.29, 0.717) is 12.8 Å². The molecule has 9 heteroatoms. The minimum atomic E-state index is -1.23. The maximum Gasteiger partial charge on any atom is 0.323 e. The fraction of sp³-hybridized carbons (Fsp3) is 0.300. The lowest BCUT2D eigenvalue weighted by Gasteiger charge is -2.36. The Morgan fingerprint density at radius 3 is 2.52 bits per heavy atom. The largest absolute Gasteiger partial charge is 0.347 e. The number of nitrogens with zero attached hydrogens (tertiary/aromatic N) is 1. The van der Waals surface area contributed by atoms with Gasteiger partial charge in [-0.25, -0.2) is 22.4 Å². The molecule has 152 valence electrons. The van der Waals surface area contributed by atoms with E-state index in [2.05, 4.69) is 10.6 Å². The van der Waals surface area contributed by atoms with Gasteiger partial charge >= 0.3 is 6.03 Å². The number of carbonyl (C=O) groups is 2. The number of rotatable bonds is 4. The highest BCUT2D eigenvalue weighted by molar-refractivity contribution is 5.99. The number of anilines is 1. The van der Waals surface area contributed by atoms with Crippen LogP contribution in [0.5, 0.6) is 0 Å². The summed E-state index contributed by atoms with van der Waals surface area (Å²) in [5, 5.41) is 5.11. The van der Waals surface area contributed by atoms with Gasteiger partial charge in [0.1, 0.15) is 17.2 Å². The predicted octanol–water partition coefficient (Wildman–Crippen LogP) is 4.00. The van der Waals surface area contributed by atoms with Crippen LogP contribution in [0.25, 0.3) is 0 Å². The molecular weight excluding hydrogens is 390 g/mol. The van der Waals surface area contributed by atoms with E-state index in [4.69, 9.17) is 0 Å². The first kappa shape index (κ1) is 19.2. The molecule has 1 heterocycles. The Bertz CT molecular complexity index is 1020. The summed E-state index contributed by atoms with van der Waals surface area (Å²) in [7, 11) is 0. The molecule has 0 aromatic heterocycles. The van der Waals surface area contributed by atoms with E-state index in [1.165, 1.54) is 24.0 Å². The van der Waals surface area contributed by atoms with Gasteiger partial charge in [0.25, 0.3) is 0 Å². The Kier molecular flexibility index (Phi) is 4.48. The number of amides is 3. The topological polar surface area (TPSA) is 61.4 Å². The molecule has 0 radical (unpaired) electrons. The van der Waals surface area contributed by atoms with Crippen LogP contribution < -0.4 is 10.6 Å². The second-order valence-corrected chi connectivity index (χ2v) is 7.30. The Labute approximate surface area is 163 Å². The molecule has 3 amide bonds. The van der Waals surface area contributed by atoms with Gasteiger partial charge in [0, 0.05) is 17.2 Å². The van der Waals surface area contributed by atoms with Crippen LogP contribution in [0.3, 0.4) is 0 Å². The van der Waals surface area contributed by atoms with Crippen molar-refractivity contribution in [2.24, 2.45) is 0 Å². The van der Waals surface area contributed by atoms with Gasteiger partial charge in [-0.3, -0.25) is 4.79 Å².